The van der Waals surface area contributed by atoms with Gasteiger partial charge in [0.25, 0.3) is 0 Å². The van der Waals surface area contributed by atoms with Gasteiger partial charge in [0.05, 0.1) is 27.1 Å². The van der Waals surface area contributed by atoms with E-state index in [1.165, 1.54) is 17.4 Å². The van der Waals surface area contributed by atoms with E-state index in [4.69, 9.17) is 0 Å². The van der Waals surface area contributed by atoms with Crippen molar-refractivity contribution in [1.29, 1.82) is 0 Å². The van der Waals surface area contributed by atoms with E-state index in [0.29, 0.717) is 10.8 Å². The van der Waals surface area contributed by atoms with Crippen molar-refractivity contribution in [2.24, 2.45) is 5.10 Å². The number of thiophene rings is 1. The molecule has 0 aliphatic rings. The number of carboxylic acids is 1. The largest absolute Gasteiger partial charge is 0.544 e. The number of aromatic nitrogens is 1. The molecular weight excluding hydrogens is 330 g/mol. The molecule has 0 fully saturated rings. The molecule has 23 heavy (non-hydrogen) atoms. The molecule has 1 aromatic carbocycles. The summed E-state index contributed by atoms with van der Waals surface area (Å²) in [6.07, 6.45) is 0. The second-order valence-corrected chi connectivity index (χ2v) is 6.61. The van der Waals surface area contributed by atoms with E-state index in [2.05, 4.69) is 15.5 Å². The van der Waals surface area contributed by atoms with E-state index in [0.717, 1.165) is 27.5 Å². The molecule has 116 valence electrons. The van der Waals surface area contributed by atoms with Crippen LogP contribution in [0.5, 0.6) is 0 Å². The predicted molar refractivity (Wildman–Crippen MR) is 92.0 cm³/mol. The maximum Gasteiger partial charge on any atom is 0.203 e. The Morgan fingerprint density at radius 1 is 1.17 bits per heavy atom. The number of anilines is 1. The number of aromatic carboxylic acids is 1. The minimum atomic E-state index is -1.17. The molecule has 0 spiro atoms. The summed E-state index contributed by atoms with van der Waals surface area (Å²) in [6, 6.07) is 13.1. The zero-order valence-electron chi connectivity index (χ0n) is 12.1. The number of nitrogens with zero attached hydrogens (tertiary/aromatic N) is 2. The van der Waals surface area contributed by atoms with Crippen LogP contribution in [0.3, 0.4) is 0 Å². The lowest BCUT2D eigenvalue weighted by atomic mass is 10.2. The lowest BCUT2D eigenvalue weighted by Gasteiger charge is -1.98. The molecule has 3 aromatic rings. The van der Waals surface area contributed by atoms with Gasteiger partial charge in [-0.2, -0.15) is 5.10 Å². The summed E-state index contributed by atoms with van der Waals surface area (Å²) in [6.45, 7) is 1.81. The highest BCUT2D eigenvalue weighted by Gasteiger charge is 2.06. The minimum absolute atomic E-state index is 0.190. The second-order valence-electron chi connectivity index (χ2n) is 4.66. The van der Waals surface area contributed by atoms with Crippen LogP contribution in [0.1, 0.15) is 21.5 Å². The van der Waals surface area contributed by atoms with Crippen LogP contribution in [-0.4, -0.2) is 16.7 Å². The lowest BCUT2D eigenvalue weighted by Crippen LogP contribution is -2.20. The summed E-state index contributed by atoms with van der Waals surface area (Å²) in [7, 11) is 0. The fourth-order valence-electron chi connectivity index (χ4n) is 1.90. The minimum Gasteiger partial charge on any atom is -0.544 e. The maximum atomic E-state index is 10.8. The van der Waals surface area contributed by atoms with Gasteiger partial charge in [-0.05, 0) is 19.1 Å². The van der Waals surface area contributed by atoms with Gasteiger partial charge in [-0.15, -0.1) is 22.7 Å². The molecule has 0 aliphatic carbocycles. The van der Waals surface area contributed by atoms with Gasteiger partial charge in [-0.1, -0.05) is 30.3 Å². The first-order chi connectivity index (χ1) is 11.1. The Morgan fingerprint density at radius 2 is 1.91 bits per heavy atom. The maximum absolute atomic E-state index is 10.8. The molecular formula is C16H12N3O2S2-. The summed E-state index contributed by atoms with van der Waals surface area (Å²) >= 11 is 2.60. The summed E-state index contributed by atoms with van der Waals surface area (Å²) < 4.78 is 0. The number of hydrogen-bond donors (Lipinski definition) is 1. The Labute approximate surface area is 141 Å². The van der Waals surface area contributed by atoms with Crippen molar-refractivity contribution >= 4 is 39.5 Å². The Kier molecular flexibility index (Phi) is 4.50. The molecule has 0 bridgehead atoms. The molecule has 0 amide bonds. The molecule has 0 radical (unpaired) electrons. The van der Waals surface area contributed by atoms with E-state index in [1.54, 1.807) is 6.07 Å². The van der Waals surface area contributed by atoms with Crippen molar-refractivity contribution in [2.45, 2.75) is 6.92 Å². The summed E-state index contributed by atoms with van der Waals surface area (Å²) in [5.41, 5.74) is 5.54. The average Bonchev–Trinajstić information content (AvgIpc) is 3.23. The molecule has 5 nitrogen and oxygen atoms in total. The Bertz CT molecular complexity index is 853. The van der Waals surface area contributed by atoms with Crippen molar-refractivity contribution in [3.05, 3.63) is 57.6 Å². The average molecular weight is 342 g/mol. The number of hydrogen-bond acceptors (Lipinski definition) is 7. The molecule has 0 unspecified atom stereocenters. The molecule has 0 saturated carbocycles. The monoisotopic (exact) mass is 342 g/mol. The number of carbonyl (C=O) groups is 1. The van der Waals surface area contributed by atoms with Crippen LogP contribution in [0, 0.1) is 0 Å². The third kappa shape index (κ3) is 3.64. The van der Waals surface area contributed by atoms with Crippen LogP contribution in [0.15, 0.2) is 52.9 Å². The van der Waals surface area contributed by atoms with Crippen molar-refractivity contribution in [2.75, 3.05) is 5.43 Å². The van der Waals surface area contributed by atoms with Crippen LogP contribution in [0.25, 0.3) is 11.3 Å². The van der Waals surface area contributed by atoms with E-state index in [-0.39, 0.29) is 4.88 Å². The standard InChI is InChI=1S/C16H13N3O2S2/c1-10(13-7-8-14(23-13)15(20)21)18-19-16-17-12(9-22-16)11-5-3-2-4-6-11/h2-9H,1H3,(H,17,19)(H,20,21)/p-1/b18-10-. The first-order valence-electron chi connectivity index (χ1n) is 6.76. The Balaban J connectivity index is 1.72. The number of carbonyl (C=O) groups excluding carboxylic acids is 1. The third-order valence-corrected chi connectivity index (χ3v) is 4.98. The van der Waals surface area contributed by atoms with Gasteiger partial charge in [0.15, 0.2) is 0 Å². The summed E-state index contributed by atoms with van der Waals surface area (Å²) in [5, 5.41) is 17.7. The van der Waals surface area contributed by atoms with Gasteiger partial charge in [-0.25, -0.2) is 4.98 Å². The Morgan fingerprint density at radius 3 is 2.61 bits per heavy atom. The van der Waals surface area contributed by atoms with Crippen LogP contribution >= 0.6 is 22.7 Å². The van der Waals surface area contributed by atoms with Crippen LogP contribution in [0.2, 0.25) is 0 Å². The van der Waals surface area contributed by atoms with E-state index in [1.807, 2.05) is 42.6 Å². The number of nitrogens with one attached hydrogen (secondary N) is 1. The van der Waals surface area contributed by atoms with Crippen molar-refractivity contribution in [3.8, 4) is 11.3 Å². The number of rotatable bonds is 5. The summed E-state index contributed by atoms with van der Waals surface area (Å²) in [5.74, 6) is -1.17. The third-order valence-electron chi connectivity index (χ3n) is 3.06. The van der Waals surface area contributed by atoms with E-state index >= 15 is 0 Å². The quantitative estimate of drug-likeness (QED) is 0.571. The smallest absolute Gasteiger partial charge is 0.203 e. The highest BCUT2D eigenvalue weighted by molar-refractivity contribution is 7.16. The summed E-state index contributed by atoms with van der Waals surface area (Å²) in [4.78, 5) is 16.2. The molecule has 2 aromatic heterocycles. The number of carboxylic acid groups (broad SMARTS) is 1. The molecule has 7 heteroatoms. The Hall–Kier alpha value is -2.51. The molecule has 2 heterocycles. The zero-order chi connectivity index (χ0) is 16.2. The van der Waals surface area contributed by atoms with Gasteiger partial charge < -0.3 is 9.90 Å². The van der Waals surface area contributed by atoms with Crippen LogP contribution in [0.4, 0.5) is 5.13 Å². The van der Waals surface area contributed by atoms with Gasteiger partial charge in [0, 0.05) is 10.9 Å². The van der Waals surface area contributed by atoms with Gasteiger partial charge in [0.1, 0.15) is 0 Å². The molecule has 3 rings (SSSR count). The van der Waals surface area contributed by atoms with Crippen LogP contribution in [-0.2, 0) is 0 Å². The number of hydrazone groups is 1. The van der Waals surface area contributed by atoms with Gasteiger partial charge in [-0.3, -0.25) is 5.43 Å². The second kappa shape index (κ2) is 6.72. The topological polar surface area (TPSA) is 77.4 Å². The van der Waals surface area contributed by atoms with Crippen molar-refractivity contribution < 1.29 is 9.90 Å². The zero-order valence-corrected chi connectivity index (χ0v) is 13.8. The van der Waals surface area contributed by atoms with Crippen molar-refractivity contribution in [1.82, 2.24) is 4.98 Å². The van der Waals surface area contributed by atoms with Gasteiger partial charge >= 0.3 is 0 Å². The molecule has 1 N–H and O–H groups in total. The fourth-order valence-corrected chi connectivity index (χ4v) is 3.34. The SMILES string of the molecule is C/C(=N/Nc1nc(-c2ccccc2)cs1)c1ccc(C(=O)[O-])s1. The number of benzene rings is 1. The molecule has 0 atom stereocenters. The molecule has 0 aliphatic heterocycles. The van der Waals surface area contributed by atoms with E-state index in [9.17, 15) is 9.90 Å². The highest BCUT2D eigenvalue weighted by Crippen LogP contribution is 2.24. The van der Waals surface area contributed by atoms with Gasteiger partial charge in [0.2, 0.25) is 5.13 Å². The van der Waals surface area contributed by atoms with Crippen molar-refractivity contribution in [3.63, 3.8) is 0 Å². The van der Waals surface area contributed by atoms with E-state index < -0.39 is 5.97 Å². The molecule has 0 saturated heterocycles. The highest BCUT2D eigenvalue weighted by atomic mass is 32.1. The van der Waals surface area contributed by atoms with Crippen LogP contribution < -0.4 is 10.5 Å². The lowest BCUT2D eigenvalue weighted by molar-refractivity contribution is -0.254. The number of thiazole rings is 1. The normalized spacial score (nSPS) is 11.4. The predicted octanol–water partition coefficient (Wildman–Crippen LogP) is 3.07. The first-order valence-corrected chi connectivity index (χ1v) is 8.46. The first kappa shape index (κ1) is 15.4. The fraction of sp³-hybridized carbons (Fsp3) is 0.0625.